The third-order valence-corrected chi connectivity index (χ3v) is 4.20. The summed E-state index contributed by atoms with van der Waals surface area (Å²) in [4.78, 5) is 12.0. The van der Waals surface area contributed by atoms with E-state index in [4.69, 9.17) is 0 Å². The van der Waals surface area contributed by atoms with Crippen molar-refractivity contribution < 1.29 is 9.18 Å². The smallest absolute Gasteiger partial charge is 0.246 e. The molecule has 1 aliphatic heterocycles. The molecule has 2 aromatic rings. The highest BCUT2D eigenvalue weighted by Gasteiger charge is 2.31. The van der Waals surface area contributed by atoms with E-state index in [1.54, 1.807) is 6.07 Å². The number of anilines is 1. The first-order chi connectivity index (χ1) is 10.1. The average Bonchev–Trinajstić information content (AvgIpc) is 2.76. The largest absolute Gasteiger partial charge is 0.324 e. The van der Waals surface area contributed by atoms with Crippen molar-refractivity contribution in [3.63, 3.8) is 0 Å². The van der Waals surface area contributed by atoms with Crippen molar-refractivity contribution in [2.75, 3.05) is 11.9 Å². The maximum absolute atomic E-state index is 13.1. The number of hydrogen-bond donors (Lipinski definition) is 2. The van der Waals surface area contributed by atoms with Gasteiger partial charge in [0.1, 0.15) is 11.9 Å². The van der Waals surface area contributed by atoms with Crippen molar-refractivity contribution in [3.8, 4) is 0 Å². The molecule has 0 bridgehead atoms. The Morgan fingerprint density at radius 2 is 2.05 bits per heavy atom. The van der Waals surface area contributed by atoms with E-state index in [2.05, 4.69) is 26.6 Å². The van der Waals surface area contributed by atoms with Crippen LogP contribution in [-0.4, -0.2) is 12.5 Å². The summed E-state index contributed by atoms with van der Waals surface area (Å²) in [7, 11) is 0. The summed E-state index contributed by atoms with van der Waals surface area (Å²) in [5, 5.41) is 6.09. The highest BCUT2D eigenvalue weighted by molar-refractivity contribution is 9.10. The SMILES string of the molecule is O=C1Nc2cccc(Br)c2C1NCCc1cccc(F)c1. The zero-order valence-corrected chi connectivity index (χ0v) is 12.8. The van der Waals surface area contributed by atoms with Gasteiger partial charge < -0.3 is 10.6 Å². The van der Waals surface area contributed by atoms with Gasteiger partial charge in [0.05, 0.1) is 0 Å². The molecule has 0 saturated carbocycles. The number of rotatable bonds is 4. The highest BCUT2D eigenvalue weighted by atomic mass is 79.9. The van der Waals surface area contributed by atoms with Crippen LogP contribution in [0, 0.1) is 5.82 Å². The Morgan fingerprint density at radius 1 is 1.24 bits per heavy atom. The van der Waals surface area contributed by atoms with Crippen LogP contribution in [0.5, 0.6) is 0 Å². The Kier molecular flexibility index (Phi) is 4.03. The molecule has 0 aliphatic carbocycles. The first kappa shape index (κ1) is 14.2. The normalized spacial score (nSPS) is 16.7. The number of amides is 1. The third-order valence-electron chi connectivity index (χ3n) is 3.51. The molecular weight excluding hydrogens is 335 g/mol. The van der Waals surface area contributed by atoms with Gasteiger partial charge in [-0.2, -0.15) is 0 Å². The summed E-state index contributed by atoms with van der Waals surface area (Å²) in [5.41, 5.74) is 2.67. The summed E-state index contributed by atoms with van der Waals surface area (Å²) < 4.78 is 14.0. The zero-order chi connectivity index (χ0) is 14.8. The first-order valence-electron chi connectivity index (χ1n) is 6.72. The molecule has 0 radical (unpaired) electrons. The summed E-state index contributed by atoms with van der Waals surface area (Å²) in [6, 6.07) is 11.8. The maximum Gasteiger partial charge on any atom is 0.246 e. The minimum Gasteiger partial charge on any atom is -0.324 e. The number of carbonyl (C=O) groups is 1. The standard InChI is InChI=1S/C16H14BrFN2O/c17-12-5-2-6-13-14(12)15(16(21)20-13)19-8-7-10-3-1-4-11(18)9-10/h1-6,9,15,19H,7-8H2,(H,20,21). The second-order valence-corrected chi connectivity index (χ2v) is 5.81. The molecule has 0 aromatic heterocycles. The Hall–Kier alpha value is -1.72. The summed E-state index contributed by atoms with van der Waals surface area (Å²) in [6.07, 6.45) is 0.668. The van der Waals surface area contributed by atoms with Crippen LogP contribution in [0.15, 0.2) is 46.9 Å². The minimum atomic E-state index is -0.371. The van der Waals surface area contributed by atoms with Gasteiger partial charge >= 0.3 is 0 Å². The van der Waals surface area contributed by atoms with Crippen molar-refractivity contribution in [2.24, 2.45) is 0 Å². The Morgan fingerprint density at radius 3 is 2.86 bits per heavy atom. The summed E-state index contributed by atoms with van der Waals surface area (Å²) in [6.45, 7) is 0.600. The van der Waals surface area contributed by atoms with Gasteiger partial charge in [-0.05, 0) is 36.2 Å². The molecule has 2 aromatic carbocycles. The predicted molar refractivity (Wildman–Crippen MR) is 83.6 cm³/mol. The highest BCUT2D eigenvalue weighted by Crippen LogP contribution is 2.36. The van der Waals surface area contributed by atoms with Crippen LogP contribution in [0.25, 0.3) is 0 Å². The Balaban J connectivity index is 1.68. The molecule has 108 valence electrons. The van der Waals surface area contributed by atoms with Crippen molar-refractivity contribution in [3.05, 3.63) is 63.9 Å². The van der Waals surface area contributed by atoms with Gasteiger partial charge in [0.25, 0.3) is 0 Å². The number of halogens is 2. The number of hydrogen-bond acceptors (Lipinski definition) is 2. The van der Waals surface area contributed by atoms with Gasteiger partial charge in [-0.1, -0.05) is 34.1 Å². The van der Waals surface area contributed by atoms with Crippen LogP contribution in [0.4, 0.5) is 10.1 Å². The fraction of sp³-hybridized carbons (Fsp3) is 0.188. The Bertz CT molecular complexity index is 690. The lowest BCUT2D eigenvalue weighted by Crippen LogP contribution is -2.29. The molecule has 1 atom stereocenters. The number of benzene rings is 2. The monoisotopic (exact) mass is 348 g/mol. The molecular formula is C16H14BrFN2O. The fourth-order valence-electron chi connectivity index (χ4n) is 2.52. The number of fused-ring (bicyclic) bond motifs is 1. The van der Waals surface area contributed by atoms with Crippen LogP contribution < -0.4 is 10.6 Å². The second kappa shape index (κ2) is 5.95. The van der Waals surface area contributed by atoms with Crippen LogP contribution >= 0.6 is 15.9 Å². The van der Waals surface area contributed by atoms with Crippen molar-refractivity contribution in [1.29, 1.82) is 0 Å². The molecule has 1 heterocycles. The van der Waals surface area contributed by atoms with Gasteiger partial charge in [0.15, 0.2) is 0 Å². The van der Waals surface area contributed by atoms with Crippen molar-refractivity contribution >= 4 is 27.5 Å². The van der Waals surface area contributed by atoms with Crippen LogP contribution in [0.2, 0.25) is 0 Å². The molecule has 1 aliphatic rings. The lowest BCUT2D eigenvalue weighted by Gasteiger charge is -2.12. The molecule has 1 unspecified atom stereocenters. The molecule has 0 fully saturated rings. The number of carbonyl (C=O) groups excluding carboxylic acids is 1. The van der Waals surface area contributed by atoms with Crippen LogP contribution in [-0.2, 0) is 11.2 Å². The van der Waals surface area contributed by atoms with E-state index in [0.717, 1.165) is 21.3 Å². The zero-order valence-electron chi connectivity index (χ0n) is 11.2. The van der Waals surface area contributed by atoms with Crippen LogP contribution in [0.1, 0.15) is 17.2 Å². The van der Waals surface area contributed by atoms with E-state index in [0.29, 0.717) is 13.0 Å². The van der Waals surface area contributed by atoms with E-state index in [9.17, 15) is 9.18 Å². The van der Waals surface area contributed by atoms with E-state index >= 15 is 0 Å². The van der Waals surface area contributed by atoms with Crippen LogP contribution in [0.3, 0.4) is 0 Å². The quantitative estimate of drug-likeness (QED) is 0.888. The first-order valence-corrected chi connectivity index (χ1v) is 7.51. The molecule has 0 spiro atoms. The molecule has 5 heteroatoms. The fourth-order valence-corrected chi connectivity index (χ4v) is 3.12. The molecule has 3 nitrogen and oxygen atoms in total. The van der Waals surface area contributed by atoms with Gasteiger partial charge in [0.2, 0.25) is 5.91 Å². The van der Waals surface area contributed by atoms with E-state index in [-0.39, 0.29) is 17.8 Å². The average molecular weight is 349 g/mol. The van der Waals surface area contributed by atoms with Gasteiger partial charge in [0, 0.05) is 22.3 Å². The van der Waals surface area contributed by atoms with E-state index in [1.807, 2.05) is 24.3 Å². The molecule has 2 N–H and O–H groups in total. The third kappa shape index (κ3) is 2.99. The van der Waals surface area contributed by atoms with E-state index in [1.165, 1.54) is 12.1 Å². The lowest BCUT2D eigenvalue weighted by molar-refractivity contribution is -0.117. The summed E-state index contributed by atoms with van der Waals surface area (Å²) in [5.74, 6) is -0.296. The number of nitrogens with one attached hydrogen (secondary N) is 2. The predicted octanol–water partition coefficient (Wildman–Crippen LogP) is 3.41. The van der Waals surface area contributed by atoms with Gasteiger partial charge in [-0.25, -0.2) is 4.39 Å². The summed E-state index contributed by atoms with van der Waals surface area (Å²) >= 11 is 3.48. The lowest BCUT2D eigenvalue weighted by atomic mass is 10.1. The van der Waals surface area contributed by atoms with Gasteiger partial charge in [-0.3, -0.25) is 4.79 Å². The van der Waals surface area contributed by atoms with Gasteiger partial charge in [-0.15, -0.1) is 0 Å². The van der Waals surface area contributed by atoms with Crippen molar-refractivity contribution in [2.45, 2.75) is 12.5 Å². The van der Waals surface area contributed by atoms with E-state index < -0.39 is 0 Å². The molecule has 0 saturated heterocycles. The maximum atomic E-state index is 13.1. The molecule has 1 amide bonds. The Labute approximate surface area is 130 Å². The minimum absolute atomic E-state index is 0.0591. The topological polar surface area (TPSA) is 41.1 Å². The van der Waals surface area contributed by atoms with Crippen molar-refractivity contribution in [1.82, 2.24) is 5.32 Å². The second-order valence-electron chi connectivity index (χ2n) is 4.96. The molecule has 21 heavy (non-hydrogen) atoms. The molecule has 3 rings (SSSR count).